The van der Waals surface area contributed by atoms with Crippen LogP contribution in [0, 0.1) is 5.82 Å². The molecule has 0 atom stereocenters. The number of hydrogen-bond donors (Lipinski definition) is 3. The lowest BCUT2D eigenvalue weighted by Crippen LogP contribution is -2.08. The Hall–Kier alpha value is -3.96. The van der Waals surface area contributed by atoms with E-state index in [1.54, 1.807) is 0 Å². The van der Waals surface area contributed by atoms with E-state index in [9.17, 15) is 22.4 Å². The second-order valence-electron chi connectivity index (χ2n) is 5.89. The molecule has 0 saturated heterocycles. The molecule has 0 radical (unpaired) electrons. The summed E-state index contributed by atoms with van der Waals surface area (Å²) in [6.45, 7) is 0. The lowest BCUT2D eigenvalue weighted by molar-refractivity contribution is -0.140. The summed E-state index contributed by atoms with van der Waals surface area (Å²) in [5.41, 5.74) is -1.21. The van der Waals surface area contributed by atoms with Gasteiger partial charge in [-0.15, -0.1) is 0 Å². The molecule has 0 aliphatic carbocycles. The minimum absolute atomic E-state index is 0.124. The first-order chi connectivity index (χ1) is 13.8. The largest absolute Gasteiger partial charge is 0.478 e. The number of hydrogen-bond acceptors (Lipinski definition) is 5. The fourth-order valence-electron chi connectivity index (χ4n) is 2.81. The SMILES string of the molecule is O=C(O)c1ccc(Nc2nccn3c(-c4cn[nH]c4C(F)(F)F)cnc23)cc1F. The monoisotopic (exact) mass is 406 g/mol. The average Bonchev–Trinajstić information content (AvgIpc) is 3.28. The van der Waals surface area contributed by atoms with Crippen LogP contribution in [0.4, 0.5) is 29.1 Å². The summed E-state index contributed by atoms with van der Waals surface area (Å²) in [6.07, 6.45) is 0.393. The maximum Gasteiger partial charge on any atom is 0.433 e. The van der Waals surface area contributed by atoms with Gasteiger partial charge in [0.2, 0.25) is 0 Å². The number of rotatable bonds is 4. The highest BCUT2D eigenvalue weighted by Crippen LogP contribution is 2.36. The van der Waals surface area contributed by atoms with Crippen LogP contribution in [0.3, 0.4) is 0 Å². The van der Waals surface area contributed by atoms with Crippen LogP contribution in [-0.4, -0.2) is 35.6 Å². The minimum atomic E-state index is -4.63. The number of anilines is 2. The van der Waals surface area contributed by atoms with Crippen molar-refractivity contribution in [2.75, 3.05) is 5.32 Å². The van der Waals surface area contributed by atoms with Crippen molar-refractivity contribution in [3.05, 3.63) is 60.1 Å². The second kappa shape index (κ2) is 6.58. The smallest absolute Gasteiger partial charge is 0.433 e. The zero-order chi connectivity index (χ0) is 20.8. The molecule has 12 heteroatoms. The Morgan fingerprint density at radius 3 is 2.69 bits per heavy atom. The van der Waals surface area contributed by atoms with E-state index in [4.69, 9.17) is 5.11 Å². The normalized spacial score (nSPS) is 11.7. The number of carboxylic acids is 1. The summed E-state index contributed by atoms with van der Waals surface area (Å²) in [6, 6.07) is 3.38. The number of nitrogens with one attached hydrogen (secondary N) is 2. The lowest BCUT2D eigenvalue weighted by atomic mass is 10.2. The molecule has 0 aliphatic rings. The van der Waals surface area contributed by atoms with Gasteiger partial charge in [0, 0.05) is 18.1 Å². The van der Waals surface area contributed by atoms with E-state index in [1.807, 2.05) is 5.10 Å². The van der Waals surface area contributed by atoms with Gasteiger partial charge in [0.25, 0.3) is 0 Å². The Bertz CT molecular complexity index is 1230. The number of fused-ring (bicyclic) bond motifs is 1. The Balaban J connectivity index is 1.75. The first-order valence-electron chi connectivity index (χ1n) is 7.98. The lowest BCUT2D eigenvalue weighted by Gasteiger charge is -2.09. The molecule has 3 aromatic heterocycles. The molecule has 1 aromatic carbocycles. The third-order valence-electron chi connectivity index (χ3n) is 4.09. The number of benzene rings is 1. The maximum absolute atomic E-state index is 13.9. The second-order valence-corrected chi connectivity index (χ2v) is 5.89. The van der Waals surface area contributed by atoms with Crippen LogP contribution in [-0.2, 0) is 6.18 Å². The number of aromatic nitrogens is 5. The van der Waals surface area contributed by atoms with Gasteiger partial charge in [0.05, 0.1) is 29.2 Å². The summed E-state index contributed by atoms with van der Waals surface area (Å²) >= 11 is 0. The quantitative estimate of drug-likeness (QED) is 0.446. The Kier molecular flexibility index (Phi) is 4.18. The molecule has 3 N–H and O–H groups in total. The Morgan fingerprint density at radius 1 is 1.21 bits per heavy atom. The zero-order valence-corrected chi connectivity index (χ0v) is 14.2. The van der Waals surface area contributed by atoms with Gasteiger partial charge in [-0.25, -0.2) is 19.2 Å². The number of aromatic amines is 1. The first kappa shape index (κ1) is 18.4. The molecule has 4 aromatic rings. The number of carboxylic acid groups (broad SMARTS) is 1. The van der Waals surface area contributed by atoms with Crippen molar-refractivity contribution in [1.29, 1.82) is 0 Å². The molecule has 3 heterocycles. The molecular formula is C17H10F4N6O2. The van der Waals surface area contributed by atoms with E-state index in [0.29, 0.717) is 0 Å². The third kappa shape index (κ3) is 3.24. The summed E-state index contributed by atoms with van der Waals surface area (Å²) in [4.78, 5) is 19.1. The average molecular weight is 406 g/mol. The number of carbonyl (C=O) groups is 1. The molecule has 0 amide bonds. The number of alkyl halides is 3. The minimum Gasteiger partial charge on any atom is -0.478 e. The summed E-state index contributed by atoms with van der Waals surface area (Å²) in [5.74, 6) is -2.22. The van der Waals surface area contributed by atoms with Gasteiger partial charge in [-0.05, 0) is 18.2 Å². The molecule has 0 aliphatic heterocycles. The molecule has 4 rings (SSSR count). The summed E-state index contributed by atoms with van der Waals surface area (Å²) in [5, 5.41) is 17.1. The molecule has 0 spiro atoms. The predicted molar refractivity (Wildman–Crippen MR) is 92.2 cm³/mol. The molecule has 8 nitrogen and oxygen atoms in total. The number of H-pyrrole nitrogens is 1. The number of nitrogens with zero attached hydrogens (tertiary/aromatic N) is 4. The Labute approximate surface area is 158 Å². The highest BCUT2D eigenvalue weighted by atomic mass is 19.4. The van der Waals surface area contributed by atoms with E-state index in [1.165, 1.54) is 29.1 Å². The van der Waals surface area contributed by atoms with Crippen molar-refractivity contribution < 1.29 is 27.5 Å². The van der Waals surface area contributed by atoms with Crippen molar-refractivity contribution in [1.82, 2.24) is 24.6 Å². The van der Waals surface area contributed by atoms with Gasteiger partial charge in [0.15, 0.2) is 11.5 Å². The molecular weight excluding hydrogens is 396 g/mol. The van der Waals surface area contributed by atoms with Crippen LogP contribution in [0.1, 0.15) is 16.1 Å². The Morgan fingerprint density at radius 2 is 2.00 bits per heavy atom. The summed E-state index contributed by atoms with van der Waals surface area (Å²) < 4.78 is 54.8. The first-order valence-corrected chi connectivity index (χ1v) is 7.98. The summed E-state index contributed by atoms with van der Waals surface area (Å²) in [7, 11) is 0. The highest BCUT2D eigenvalue weighted by molar-refractivity contribution is 5.88. The molecule has 29 heavy (non-hydrogen) atoms. The van der Waals surface area contributed by atoms with Crippen LogP contribution in [0.2, 0.25) is 0 Å². The number of halogens is 4. The topological polar surface area (TPSA) is 108 Å². The van der Waals surface area contributed by atoms with Crippen molar-refractivity contribution in [3.8, 4) is 11.3 Å². The standard InChI is InChI=1S/C17H10F4N6O2/c18-11-5-8(1-2-9(11)16(28)29)25-14-15-23-7-12(27(15)4-3-22-14)10-6-24-26-13(10)17(19,20)21/h1-7H,(H,22,25)(H,24,26)(H,28,29). The number of imidazole rings is 1. The van der Waals surface area contributed by atoms with Crippen molar-refractivity contribution in [2.24, 2.45) is 0 Å². The molecule has 148 valence electrons. The van der Waals surface area contributed by atoms with Crippen LogP contribution < -0.4 is 5.32 Å². The van der Waals surface area contributed by atoms with Crippen molar-refractivity contribution in [2.45, 2.75) is 6.18 Å². The van der Waals surface area contributed by atoms with Gasteiger partial charge < -0.3 is 10.4 Å². The molecule has 0 unspecified atom stereocenters. The molecule has 0 saturated carbocycles. The van der Waals surface area contributed by atoms with Crippen LogP contribution in [0.25, 0.3) is 16.9 Å². The fourth-order valence-corrected chi connectivity index (χ4v) is 2.81. The van der Waals surface area contributed by atoms with Gasteiger partial charge in [-0.3, -0.25) is 9.50 Å². The van der Waals surface area contributed by atoms with E-state index < -0.39 is 29.2 Å². The van der Waals surface area contributed by atoms with E-state index >= 15 is 0 Å². The van der Waals surface area contributed by atoms with Crippen molar-refractivity contribution >= 4 is 23.1 Å². The third-order valence-corrected chi connectivity index (χ3v) is 4.09. The van der Waals surface area contributed by atoms with Crippen LogP contribution in [0.15, 0.2) is 43.0 Å². The van der Waals surface area contributed by atoms with Gasteiger partial charge in [0.1, 0.15) is 11.5 Å². The van der Waals surface area contributed by atoms with Crippen molar-refractivity contribution in [3.63, 3.8) is 0 Å². The van der Waals surface area contributed by atoms with E-state index in [2.05, 4.69) is 20.4 Å². The highest BCUT2D eigenvalue weighted by Gasteiger charge is 2.36. The van der Waals surface area contributed by atoms with E-state index in [0.717, 1.165) is 18.3 Å². The van der Waals surface area contributed by atoms with Gasteiger partial charge in [-0.1, -0.05) is 0 Å². The predicted octanol–water partition coefficient (Wildman–Crippen LogP) is 3.72. The molecule has 0 fully saturated rings. The van der Waals surface area contributed by atoms with Crippen LogP contribution in [0.5, 0.6) is 0 Å². The van der Waals surface area contributed by atoms with E-state index in [-0.39, 0.29) is 28.4 Å². The van der Waals surface area contributed by atoms with Crippen LogP contribution >= 0.6 is 0 Å². The molecule has 0 bridgehead atoms. The zero-order valence-electron chi connectivity index (χ0n) is 14.2. The van der Waals surface area contributed by atoms with Gasteiger partial charge >= 0.3 is 12.1 Å². The maximum atomic E-state index is 13.9. The van der Waals surface area contributed by atoms with Gasteiger partial charge in [-0.2, -0.15) is 18.3 Å². The fraction of sp³-hybridized carbons (Fsp3) is 0.0588. The number of aromatic carboxylic acids is 1.